The van der Waals surface area contributed by atoms with Crippen molar-refractivity contribution in [3.8, 4) is 0 Å². The van der Waals surface area contributed by atoms with Crippen molar-refractivity contribution in [3.63, 3.8) is 0 Å². The van der Waals surface area contributed by atoms with Crippen molar-refractivity contribution in [1.82, 2.24) is 13.6 Å². The van der Waals surface area contributed by atoms with Crippen molar-refractivity contribution >= 4 is 23.6 Å². The lowest BCUT2D eigenvalue weighted by Gasteiger charge is -2.31. The second-order valence-electron chi connectivity index (χ2n) is 6.26. The molecule has 7 heteroatoms. The summed E-state index contributed by atoms with van der Waals surface area (Å²) >= 11 is 1.06. The first kappa shape index (κ1) is 16.1. The van der Waals surface area contributed by atoms with Gasteiger partial charge in [0.05, 0.1) is 29.9 Å². The van der Waals surface area contributed by atoms with E-state index in [2.05, 4.69) is 20.9 Å². The fraction of sp³-hybridized carbons (Fsp3) is 0.625. The van der Waals surface area contributed by atoms with E-state index < -0.39 is 0 Å². The van der Waals surface area contributed by atoms with Crippen molar-refractivity contribution < 1.29 is 14.3 Å². The van der Waals surface area contributed by atoms with Crippen LogP contribution < -0.4 is 0 Å². The molecular formula is C16H21N3O3S. The number of aryl methyl sites for hydroxylation is 1. The Morgan fingerprint density at radius 3 is 2.78 bits per heavy atom. The summed E-state index contributed by atoms with van der Waals surface area (Å²) in [7, 11) is 0. The highest BCUT2D eigenvalue weighted by atomic mass is 32.1. The van der Waals surface area contributed by atoms with Gasteiger partial charge in [0.15, 0.2) is 5.69 Å². The lowest BCUT2D eigenvalue weighted by atomic mass is 9.72. The molecule has 0 spiro atoms. The summed E-state index contributed by atoms with van der Waals surface area (Å²) < 4.78 is 13.4. The number of nitrogens with zero attached hydrogens (tertiary/aromatic N) is 3. The predicted octanol–water partition coefficient (Wildman–Crippen LogP) is 1.92. The third-order valence-electron chi connectivity index (χ3n) is 4.80. The normalized spacial score (nSPS) is 29.4. The van der Waals surface area contributed by atoms with E-state index in [-0.39, 0.29) is 35.5 Å². The van der Waals surface area contributed by atoms with Gasteiger partial charge in [-0.15, -0.1) is 0 Å². The van der Waals surface area contributed by atoms with Gasteiger partial charge in [-0.3, -0.25) is 9.59 Å². The maximum absolute atomic E-state index is 12.6. The number of esters is 1. The molecule has 0 radical (unpaired) electrons. The smallest absolute Gasteiger partial charge is 0.309 e. The van der Waals surface area contributed by atoms with Gasteiger partial charge in [0.25, 0.3) is 5.91 Å². The highest BCUT2D eigenvalue weighted by Gasteiger charge is 2.46. The van der Waals surface area contributed by atoms with E-state index in [0.29, 0.717) is 31.1 Å². The van der Waals surface area contributed by atoms with Gasteiger partial charge in [0.2, 0.25) is 0 Å². The number of hydrogen-bond donors (Lipinski definition) is 0. The Hall–Kier alpha value is -1.76. The third-order valence-corrected chi connectivity index (χ3v) is 5.42. The number of likely N-dealkylation sites (tertiary alicyclic amines) is 1. The van der Waals surface area contributed by atoms with E-state index >= 15 is 0 Å². The van der Waals surface area contributed by atoms with Crippen LogP contribution in [0.3, 0.4) is 0 Å². The van der Waals surface area contributed by atoms with Gasteiger partial charge < -0.3 is 9.64 Å². The Balaban J connectivity index is 1.79. The van der Waals surface area contributed by atoms with Gasteiger partial charge in [-0.05, 0) is 31.6 Å². The molecule has 6 nitrogen and oxygen atoms in total. The number of allylic oxidation sites excluding steroid dienone is 1. The van der Waals surface area contributed by atoms with Crippen molar-refractivity contribution in [1.29, 1.82) is 0 Å². The molecule has 1 aromatic heterocycles. The van der Waals surface area contributed by atoms with Crippen LogP contribution in [-0.4, -0.2) is 45.2 Å². The third kappa shape index (κ3) is 2.89. The van der Waals surface area contributed by atoms with Crippen LogP contribution in [0.25, 0.3) is 0 Å². The number of hydrogen-bond acceptors (Lipinski definition) is 6. The molecule has 1 fully saturated rings. The van der Waals surface area contributed by atoms with Crippen LogP contribution in [0.1, 0.15) is 30.0 Å². The number of aromatic nitrogens is 2. The summed E-state index contributed by atoms with van der Waals surface area (Å²) in [6.45, 7) is 7.23. The van der Waals surface area contributed by atoms with Gasteiger partial charge in [0, 0.05) is 13.1 Å². The fourth-order valence-corrected chi connectivity index (χ4v) is 4.18. The minimum atomic E-state index is -0.183. The summed E-state index contributed by atoms with van der Waals surface area (Å²) in [6.07, 6.45) is 4.22. The second-order valence-corrected chi connectivity index (χ2v) is 6.79. The number of carbonyl (C=O) groups is 2. The summed E-state index contributed by atoms with van der Waals surface area (Å²) in [4.78, 5) is 26.8. The molecule has 0 aromatic carbocycles. The summed E-state index contributed by atoms with van der Waals surface area (Å²) in [5, 5.41) is 0. The SMILES string of the molecule is CCOC(=O)[C@H]1[C@@H]2CN(C(=O)c3nsnc3C)C[C@@H]2C=C[C@@H]1C. The molecule has 1 aliphatic heterocycles. The van der Waals surface area contributed by atoms with Gasteiger partial charge in [0.1, 0.15) is 0 Å². The summed E-state index contributed by atoms with van der Waals surface area (Å²) in [5.41, 5.74) is 1.10. The Labute approximate surface area is 139 Å². The van der Waals surface area contributed by atoms with E-state index in [1.54, 1.807) is 11.8 Å². The minimum absolute atomic E-state index is 0.0886. The van der Waals surface area contributed by atoms with Crippen molar-refractivity contribution in [2.75, 3.05) is 19.7 Å². The quantitative estimate of drug-likeness (QED) is 0.623. The highest BCUT2D eigenvalue weighted by molar-refractivity contribution is 6.99. The van der Waals surface area contributed by atoms with Crippen LogP contribution in [0.2, 0.25) is 0 Å². The lowest BCUT2D eigenvalue weighted by molar-refractivity contribution is -0.152. The van der Waals surface area contributed by atoms with Crippen LogP contribution in [0, 0.1) is 30.6 Å². The zero-order valence-corrected chi connectivity index (χ0v) is 14.4. The first-order valence-electron chi connectivity index (χ1n) is 7.96. The van der Waals surface area contributed by atoms with E-state index in [9.17, 15) is 9.59 Å². The molecule has 1 saturated heterocycles. The number of ether oxygens (including phenoxy) is 1. The summed E-state index contributed by atoms with van der Waals surface area (Å²) in [6, 6.07) is 0. The maximum atomic E-state index is 12.6. The van der Waals surface area contributed by atoms with Crippen molar-refractivity contribution in [2.45, 2.75) is 20.8 Å². The van der Waals surface area contributed by atoms with Gasteiger partial charge in [-0.2, -0.15) is 8.75 Å². The van der Waals surface area contributed by atoms with Gasteiger partial charge >= 0.3 is 5.97 Å². The zero-order chi connectivity index (χ0) is 16.6. The molecule has 23 heavy (non-hydrogen) atoms. The molecule has 3 rings (SSSR count). The average Bonchev–Trinajstić information content (AvgIpc) is 3.12. The molecule has 4 atom stereocenters. The van der Waals surface area contributed by atoms with Gasteiger partial charge in [-0.1, -0.05) is 19.1 Å². The molecule has 0 saturated carbocycles. The number of fused-ring (bicyclic) bond motifs is 1. The van der Waals surface area contributed by atoms with E-state index in [1.807, 2.05) is 13.8 Å². The molecule has 1 amide bonds. The topological polar surface area (TPSA) is 72.4 Å². The van der Waals surface area contributed by atoms with Gasteiger partial charge in [-0.25, -0.2) is 0 Å². The maximum Gasteiger partial charge on any atom is 0.309 e. The molecule has 2 aliphatic rings. The molecular weight excluding hydrogens is 314 g/mol. The number of amides is 1. The lowest BCUT2D eigenvalue weighted by Crippen LogP contribution is -2.37. The van der Waals surface area contributed by atoms with Crippen LogP contribution >= 0.6 is 11.7 Å². The zero-order valence-electron chi connectivity index (χ0n) is 13.6. The van der Waals surface area contributed by atoms with E-state index in [0.717, 1.165) is 11.7 Å². The Morgan fingerprint density at radius 1 is 1.35 bits per heavy atom. The Bertz CT molecular complexity index is 642. The van der Waals surface area contributed by atoms with E-state index in [4.69, 9.17) is 4.74 Å². The molecule has 0 unspecified atom stereocenters. The fourth-order valence-electron chi connectivity index (χ4n) is 3.63. The highest BCUT2D eigenvalue weighted by Crippen LogP contribution is 2.40. The minimum Gasteiger partial charge on any atom is -0.466 e. The largest absolute Gasteiger partial charge is 0.466 e. The monoisotopic (exact) mass is 335 g/mol. The average molecular weight is 335 g/mol. The second kappa shape index (κ2) is 6.39. The molecule has 2 heterocycles. The predicted molar refractivity (Wildman–Crippen MR) is 86.0 cm³/mol. The van der Waals surface area contributed by atoms with Crippen molar-refractivity contribution in [2.24, 2.45) is 23.7 Å². The molecule has 1 aromatic rings. The first-order chi connectivity index (χ1) is 11.0. The molecule has 0 N–H and O–H groups in total. The Kier molecular flexibility index (Phi) is 4.48. The van der Waals surface area contributed by atoms with Crippen LogP contribution in [0.4, 0.5) is 0 Å². The van der Waals surface area contributed by atoms with Crippen LogP contribution in [0.5, 0.6) is 0 Å². The van der Waals surface area contributed by atoms with Crippen molar-refractivity contribution in [3.05, 3.63) is 23.5 Å². The molecule has 124 valence electrons. The number of carbonyl (C=O) groups excluding carboxylic acids is 2. The standard InChI is InChI=1S/C16H21N3O3S/c1-4-22-16(21)13-9(2)5-6-11-7-19(8-12(11)13)15(20)14-10(3)17-23-18-14/h5-6,9,11-13H,4,7-8H2,1-3H3/t9-,11-,12+,13+/m0/s1. The van der Waals surface area contributed by atoms with Crippen LogP contribution in [-0.2, 0) is 9.53 Å². The van der Waals surface area contributed by atoms with Crippen LogP contribution in [0.15, 0.2) is 12.2 Å². The molecule has 1 aliphatic carbocycles. The molecule has 0 bridgehead atoms. The van der Waals surface area contributed by atoms with E-state index in [1.165, 1.54) is 0 Å². The summed E-state index contributed by atoms with van der Waals surface area (Å²) in [5.74, 6) is 0.0289. The first-order valence-corrected chi connectivity index (χ1v) is 8.69. The number of rotatable bonds is 3. The Morgan fingerprint density at radius 2 is 2.13 bits per heavy atom.